The van der Waals surface area contributed by atoms with Crippen LogP contribution in [0, 0.1) is 11.5 Å². The summed E-state index contributed by atoms with van der Waals surface area (Å²) in [5, 5.41) is 11.7. The Bertz CT molecular complexity index is 428. The van der Waals surface area contributed by atoms with Crippen molar-refractivity contribution in [1.82, 2.24) is 4.90 Å². The van der Waals surface area contributed by atoms with Crippen LogP contribution in [-0.2, 0) is 0 Å². The molecule has 0 radical (unpaired) electrons. The van der Waals surface area contributed by atoms with Gasteiger partial charge in [-0.2, -0.15) is 5.26 Å². The Kier molecular flexibility index (Phi) is 3.78. The van der Waals surface area contributed by atoms with Crippen molar-refractivity contribution in [2.24, 2.45) is 0 Å². The number of rotatable bonds is 1. The van der Waals surface area contributed by atoms with Gasteiger partial charge in [0.15, 0.2) is 6.19 Å². The van der Waals surface area contributed by atoms with E-state index in [0.717, 1.165) is 4.90 Å². The van der Waals surface area contributed by atoms with Crippen molar-refractivity contribution in [2.45, 2.75) is 0 Å². The summed E-state index contributed by atoms with van der Waals surface area (Å²) >= 11 is 11.4. The number of anilines is 1. The van der Waals surface area contributed by atoms with E-state index in [1.807, 2.05) is 0 Å². The fourth-order valence-electron chi connectivity index (χ4n) is 0.827. The van der Waals surface area contributed by atoms with Crippen LogP contribution in [0.2, 0.25) is 10.0 Å². The zero-order valence-electron chi connectivity index (χ0n) is 7.79. The van der Waals surface area contributed by atoms with E-state index in [0.29, 0.717) is 15.7 Å². The molecule has 78 valence electrons. The molecule has 0 bridgehead atoms. The van der Waals surface area contributed by atoms with E-state index in [1.165, 1.54) is 13.1 Å². The number of nitriles is 1. The molecule has 0 saturated heterocycles. The third-order valence-corrected chi connectivity index (χ3v) is 2.36. The largest absolute Gasteiger partial charge is 0.334 e. The third kappa shape index (κ3) is 3.01. The lowest BCUT2D eigenvalue weighted by Gasteiger charge is -2.09. The SMILES string of the molecule is CN(C#N)C(=O)Nc1ccc(Cl)c(Cl)c1. The van der Waals surface area contributed by atoms with Crippen molar-refractivity contribution in [3.8, 4) is 6.19 Å². The molecule has 0 aliphatic heterocycles. The van der Waals surface area contributed by atoms with Crippen LogP contribution in [0.3, 0.4) is 0 Å². The second kappa shape index (κ2) is 4.87. The van der Waals surface area contributed by atoms with E-state index < -0.39 is 6.03 Å². The maximum atomic E-state index is 11.3. The lowest BCUT2D eigenvalue weighted by Crippen LogP contribution is -2.26. The Balaban J connectivity index is 2.78. The molecule has 15 heavy (non-hydrogen) atoms. The number of nitrogens with zero attached hydrogens (tertiary/aromatic N) is 2. The molecule has 0 fully saturated rings. The minimum absolute atomic E-state index is 0.342. The van der Waals surface area contributed by atoms with Gasteiger partial charge in [-0.15, -0.1) is 0 Å². The molecule has 1 aromatic rings. The molecule has 6 heteroatoms. The van der Waals surface area contributed by atoms with Crippen LogP contribution >= 0.6 is 23.2 Å². The van der Waals surface area contributed by atoms with E-state index in [1.54, 1.807) is 18.3 Å². The van der Waals surface area contributed by atoms with E-state index in [2.05, 4.69) is 5.32 Å². The molecule has 1 N–H and O–H groups in total. The number of nitrogens with one attached hydrogen (secondary N) is 1. The van der Waals surface area contributed by atoms with Crippen molar-refractivity contribution in [1.29, 1.82) is 5.26 Å². The molecule has 0 heterocycles. The van der Waals surface area contributed by atoms with Crippen LogP contribution in [0.25, 0.3) is 0 Å². The standard InChI is InChI=1S/C9H7Cl2N3O/c1-14(5-12)9(15)13-6-2-3-7(10)8(11)4-6/h2-4H,1H3,(H,13,15). The van der Waals surface area contributed by atoms with Crippen molar-refractivity contribution in [3.63, 3.8) is 0 Å². The summed E-state index contributed by atoms with van der Waals surface area (Å²) in [5.41, 5.74) is 0.483. The van der Waals surface area contributed by atoms with E-state index in [9.17, 15) is 4.79 Å². The summed E-state index contributed by atoms with van der Waals surface area (Å²) in [6.07, 6.45) is 1.67. The first kappa shape index (κ1) is 11.6. The molecule has 0 aliphatic carbocycles. The zero-order valence-corrected chi connectivity index (χ0v) is 9.30. The number of halogens is 2. The van der Waals surface area contributed by atoms with Crippen LogP contribution in [0.1, 0.15) is 0 Å². The molecule has 1 aromatic carbocycles. The Labute approximate surface area is 97.0 Å². The monoisotopic (exact) mass is 243 g/mol. The van der Waals surface area contributed by atoms with Crippen molar-refractivity contribution in [3.05, 3.63) is 28.2 Å². The fraction of sp³-hybridized carbons (Fsp3) is 0.111. The molecule has 0 aliphatic rings. The Hall–Kier alpha value is -1.44. The van der Waals surface area contributed by atoms with Gasteiger partial charge < -0.3 is 5.32 Å². The molecular formula is C9H7Cl2N3O. The highest BCUT2D eigenvalue weighted by atomic mass is 35.5. The molecule has 0 saturated carbocycles. The molecule has 0 spiro atoms. The van der Waals surface area contributed by atoms with Crippen LogP contribution in [0.5, 0.6) is 0 Å². The van der Waals surface area contributed by atoms with E-state index in [4.69, 9.17) is 28.5 Å². The van der Waals surface area contributed by atoms with Gasteiger partial charge >= 0.3 is 6.03 Å². The van der Waals surface area contributed by atoms with Gasteiger partial charge in [0.25, 0.3) is 0 Å². The number of carbonyl (C=O) groups excluding carboxylic acids is 1. The summed E-state index contributed by atoms with van der Waals surface area (Å²) < 4.78 is 0. The van der Waals surface area contributed by atoms with Gasteiger partial charge in [-0.3, -0.25) is 0 Å². The van der Waals surface area contributed by atoms with Gasteiger partial charge in [-0.1, -0.05) is 23.2 Å². The fourth-order valence-corrected chi connectivity index (χ4v) is 1.12. The number of hydrogen-bond donors (Lipinski definition) is 1. The Morgan fingerprint density at radius 3 is 2.67 bits per heavy atom. The number of amides is 2. The number of urea groups is 1. The summed E-state index contributed by atoms with van der Waals surface area (Å²) in [4.78, 5) is 12.1. The highest BCUT2D eigenvalue weighted by Gasteiger charge is 2.08. The van der Waals surface area contributed by atoms with Crippen molar-refractivity contribution >= 4 is 34.9 Å². The number of benzene rings is 1. The number of hydrogen-bond acceptors (Lipinski definition) is 2. The Morgan fingerprint density at radius 2 is 2.13 bits per heavy atom. The average molecular weight is 244 g/mol. The zero-order chi connectivity index (χ0) is 11.4. The van der Waals surface area contributed by atoms with E-state index in [-0.39, 0.29) is 0 Å². The minimum atomic E-state index is -0.532. The van der Waals surface area contributed by atoms with Crippen LogP contribution in [-0.4, -0.2) is 18.0 Å². The molecule has 0 atom stereocenters. The molecule has 0 aromatic heterocycles. The van der Waals surface area contributed by atoms with Crippen molar-refractivity contribution < 1.29 is 4.79 Å². The minimum Gasteiger partial charge on any atom is -0.307 e. The summed E-state index contributed by atoms with van der Waals surface area (Å²) in [6, 6.07) is 4.13. The Morgan fingerprint density at radius 1 is 1.47 bits per heavy atom. The van der Waals surface area contributed by atoms with Gasteiger partial charge in [0.1, 0.15) is 0 Å². The molecule has 1 rings (SSSR count). The topological polar surface area (TPSA) is 56.1 Å². The summed E-state index contributed by atoms with van der Waals surface area (Å²) in [7, 11) is 1.35. The normalized spacial score (nSPS) is 9.20. The molecule has 4 nitrogen and oxygen atoms in total. The van der Waals surface area contributed by atoms with Crippen LogP contribution in [0.15, 0.2) is 18.2 Å². The molecule has 0 unspecified atom stereocenters. The van der Waals surface area contributed by atoms with E-state index >= 15 is 0 Å². The summed E-state index contributed by atoms with van der Waals surface area (Å²) in [6.45, 7) is 0. The molecule has 2 amide bonds. The smallest absolute Gasteiger partial charge is 0.307 e. The highest BCUT2D eigenvalue weighted by Crippen LogP contribution is 2.24. The first-order chi connectivity index (χ1) is 7.04. The van der Waals surface area contributed by atoms with Gasteiger partial charge in [0.05, 0.1) is 10.0 Å². The van der Waals surface area contributed by atoms with Crippen molar-refractivity contribution in [2.75, 3.05) is 12.4 Å². The maximum Gasteiger partial charge on any atom is 0.334 e. The maximum absolute atomic E-state index is 11.3. The van der Waals surface area contributed by atoms with Gasteiger partial charge in [-0.25, -0.2) is 9.69 Å². The quantitative estimate of drug-likeness (QED) is 0.609. The summed E-state index contributed by atoms with van der Waals surface area (Å²) in [5.74, 6) is 0. The number of carbonyl (C=O) groups is 1. The average Bonchev–Trinajstić information content (AvgIpc) is 2.22. The van der Waals surface area contributed by atoms with Gasteiger partial charge in [-0.05, 0) is 18.2 Å². The predicted molar refractivity (Wildman–Crippen MR) is 58.9 cm³/mol. The van der Waals surface area contributed by atoms with Gasteiger partial charge in [0, 0.05) is 12.7 Å². The lowest BCUT2D eigenvalue weighted by atomic mass is 10.3. The third-order valence-electron chi connectivity index (χ3n) is 1.63. The first-order valence-corrected chi connectivity index (χ1v) is 4.69. The highest BCUT2D eigenvalue weighted by molar-refractivity contribution is 6.42. The first-order valence-electron chi connectivity index (χ1n) is 3.94. The lowest BCUT2D eigenvalue weighted by molar-refractivity contribution is 0.237. The van der Waals surface area contributed by atoms with Crippen LogP contribution < -0.4 is 5.32 Å². The predicted octanol–water partition coefficient (Wildman–Crippen LogP) is 2.94. The van der Waals surface area contributed by atoms with Gasteiger partial charge in [0.2, 0.25) is 0 Å². The molecular weight excluding hydrogens is 237 g/mol. The second-order valence-corrected chi connectivity index (χ2v) is 3.53. The second-order valence-electron chi connectivity index (χ2n) is 2.72. The van der Waals surface area contributed by atoms with Crippen LogP contribution in [0.4, 0.5) is 10.5 Å².